The van der Waals surface area contributed by atoms with Gasteiger partial charge >= 0.3 is 0 Å². The minimum Gasteiger partial charge on any atom is -0.223 e. The van der Waals surface area contributed by atoms with Gasteiger partial charge in [-0.05, 0) is 25.3 Å². The lowest BCUT2D eigenvalue weighted by Crippen LogP contribution is -1.99. The maximum Gasteiger partial charge on any atom is 0.185 e. The highest BCUT2D eigenvalue weighted by Crippen LogP contribution is 2.35. The number of rotatable bonds is 1. The van der Waals surface area contributed by atoms with Crippen LogP contribution in [0, 0.1) is 6.92 Å². The van der Waals surface area contributed by atoms with E-state index in [4.69, 9.17) is 0 Å². The highest BCUT2D eigenvalue weighted by molar-refractivity contribution is 7.92. The van der Waals surface area contributed by atoms with Crippen molar-refractivity contribution in [2.45, 2.75) is 24.0 Å². The van der Waals surface area contributed by atoms with Crippen molar-refractivity contribution in [3.05, 3.63) is 22.1 Å². The third kappa shape index (κ3) is 1.53. The Kier molecular flexibility index (Phi) is 2.27. The summed E-state index contributed by atoms with van der Waals surface area (Å²) in [5.74, 6) is 0. The lowest BCUT2D eigenvalue weighted by molar-refractivity contribution is 0.603. The van der Waals surface area contributed by atoms with Crippen LogP contribution < -0.4 is 0 Å². The molecule has 0 N–H and O–H groups in total. The van der Waals surface area contributed by atoms with E-state index in [9.17, 15) is 8.42 Å². The number of hydrogen-bond acceptors (Lipinski definition) is 3. The van der Waals surface area contributed by atoms with Crippen molar-refractivity contribution in [1.82, 2.24) is 0 Å². The van der Waals surface area contributed by atoms with Crippen LogP contribution in [-0.4, -0.2) is 14.7 Å². The highest BCUT2D eigenvalue weighted by Gasteiger charge is 2.21. The van der Waals surface area contributed by atoms with Crippen LogP contribution in [0.1, 0.15) is 22.4 Å². The van der Waals surface area contributed by atoms with Gasteiger partial charge in [-0.3, -0.25) is 0 Å². The van der Waals surface area contributed by atoms with Gasteiger partial charge < -0.3 is 0 Å². The quantitative estimate of drug-likeness (QED) is 0.739. The first-order chi connectivity index (χ1) is 6.50. The monoisotopic (exact) mass is 228 g/mol. The summed E-state index contributed by atoms with van der Waals surface area (Å²) in [4.78, 5) is 1.14. The maximum absolute atomic E-state index is 11.5. The van der Waals surface area contributed by atoms with Gasteiger partial charge in [0.25, 0.3) is 0 Å². The molecule has 1 aromatic heterocycles. The normalized spacial score (nSPS) is 15.6. The number of thiophene rings is 1. The first-order valence-electron chi connectivity index (χ1n) is 4.49. The molecule has 2 rings (SSSR count). The van der Waals surface area contributed by atoms with Gasteiger partial charge in [-0.1, -0.05) is 12.2 Å². The molecule has 0 amide bonds. The summed E-state index contributed by atoms with van der Waals surface area (Å²) in [5, 5.41) is 0. The topological polar surface area (TPSA) is 34.1 Å². The second-order valence-electron chi connectivity index (χ2n) is 3.55. The molecule has 0 spiro atoms. The van der Waals surface area contributed by atoms with E-state index in [0.29, 0.717) is 4.21 Å². The zero-order valence-electron chi connectivity index (χ0n) is 8.20. The fourth-order valence-corrected chi connectivity index (χ4v) is 4.24. The molecule has 0 unspecified atom stereocenters. The molecule has 0 atom stereocenters. The molecule has 0 saturated carbocycles. The van der Waals surface area contributed by atoms with E-state index in [1.807, 2.05) is 19.1 Å². The van der Waals surface area contributed by atoms with Crippen LogP contribution in [0.4, 0.5) is 0 Å². The standard InChI is InChI=1S/C10H12O2S2/c1-7-8-5-3-4-6-9(8)10(13-7)14(2,11)12/h4,6H,3,5H2,1-2H3. The molecule has 0 saturated heterocycles. The molecule has 1 aliphatic rings. The fourth-order valence-electron chi connectivity index (χ4n) is 1.75. The zero-order valence-corrected chi connectivity index (χ0v) is 9.83. The first-order valence-corrected chi connectivity index (χ1v) is 7.20. The third-order valence-corrected chi connectivity index (χ3v) is 5.41. The largest absolute Gasteiger partial charge is 0.223 e. The number of sulfone groups is 1. The first kappa shape index (κ1) is 9.93. The van der Waals surface area contributed by atoms with Crippen molar-refractivity contribution in [2.75, 3.05) is 6.26 Å². The van der Waals surface area contributed by atoms with Crippen molar-refractivity contribution in [1.29, 1.82) is 0 Å². The van der Waals surface area contributed by atoms with E-state index in [0.717, 1.165) is 23.3 Å². The van der Waals surface area contributed by atoms with Gasteiger partial charge in [0.1, 0.15) is 4.21 Å². The Labute approximate surface area is 88.2 Å². The molecule has 14 heavy (non-hydrogen) atoms. The Bertz CT molecular complexity index is 492. The molecule has 76 valence electrons. The summed E-state index contributed by atoms with van der Waals surface area (Å²) in [7, 11) is -3.06. The Balaban J connectivity index is 2.72. The second kappa shape index (κ2) is 3.21. The van der Waals surface area contributed by atoms with Gasteiger partial charge in [-0.15, -0.1) is 11.3 Å². The molecule has 1 aliphatic carbocycles. The van der Waals surface area contributed by atoms with Crippen LogP contribution >= 0.6 is 11.3 Å². The fraction of sp³-hybridized carbons (Fsp3) is 0.400. The zero-order chi connectivity index (χ0) is 10.3. The van der Waals surface area contributed by atoms with Gasteiger partial charge in [0.2, 0.25) is 0 Å². The van der Waals surface area contributed by atoms with Crippen LogP contribution in [-0.2, 0) is 16.3 Å². The van der Waals surface area contributed by atoms with Crippen LogP contribution in [0.2, 0.25) is 0 Å². The Hall–Kier alpha value is -0.610. The van der Waals surface area contributed by atoms with E-state index < -0.39 is 9.84 Å². The van der Waals surface area contributed by atoms with Crippen molar-refractivity contribution in [3.63, 3.8) is 0 Å². The molecule has 0 aromatic carbocycles. The molecule has 1 heterocycles. The van der Waals surface area contributed by atoms with E-state index in [-0.39, 0.29) is 0 Å². The van der Waals surface area contributed by atoms with Gasteiger partial charge in [0.15, 0.2) is 9.84 Å². The minimum atomic E-state index is -3.06. The number of allylic oxidation sites excluding steroid dienone is 1. The summed E-state index contributed by atoms with van der Waals surface area (Å²) >= 11 is 1.40. The van der Waals surface area contributed by atoms with Crippen LogP contribution in [0.5, 0.6) is 0 Å². The molecule has 0 aliphatic heterocycles. The van der Waals surface area contributed by atoms with Gasteiger partial charge in [-0.25, -0.2) is 8.42 Å². The Morgan fingerprint density at radius 3 is 2.79 bits per heavy atom. The SMILES string of the molecule is Cc1sc(S(C)(=O)=O)c2c1CCC=C2. The van der Waals surface area contributed by atoms with E-state index in [1.165, 1.54) is 23.2 Å². The number of fused-ring (bicyclic) bond motifs is 1. The van der Waals surface area contributed by atoms with E-state index in [1.54, 1.807) is 0 Å². The van der Waals surface area contributed by atoms with Crippen molar-refractivity contribution in [2.24, 2.45) is 0 Å². The van der Waals surface area contributed by atoms with E-state index >= 15 is 0 Å². The maximum atomic E-state index is 11.5. The van der Waals surface area contributed by atoms with Gasteiger partial charge in [-0.2, -0.15) is 0 Å². The van der Waals surface area contributed by atoms with Crippen molar-refractivity contribution >= 4 is 27.3 Å². The number of aryl methyl sites for hydroxylation is 1. The van der Waals surface area contributed by atoms with Crippen LogP contribution in [0.15, 0.2) is 10.3 Å². The van der Waals surface area contributed by atoms with Crippen LogP contribution in [0.3, 0.4) is 0 Å². The van der Waals surface area contributed by atoms with Gasteiger partial charge in [0.05, 0.1) is 0 Å². The smallest absolute Gasteiger partial charge is 0.185 e. The minimum absolute atomic E-state index is 0.529. The average Bonchev–Trinajstić information content (AvgIpc) is 2.44. The van der Waals surface area contributed by atoms with Crippen molar-refractivity contribution in [3.8, 4) is 0 Å². The van der Waals surface area contributed by atoms with Gasteiger partial charge in [0, 0.05) is 16.7 Å². The highest BCUT2D eigenvalue weighted by atomic mass is 32.2. The molecule has 1 aromatic rings. The third-order valence-electron chi connectivity index (χ3n) is 2.40. The number of hydrogen-bond donors (Lipinski definition) is 0. The lowest BCUT2D eigenvalue weighted by atomic mass is 10.0. The molecule has 0 bridgehead atoms. The summed E-state index contributed by atoms with van der Waals surface area (Å²) in [6.07, 6.45) is 7.26. The van der Waals surface area contributed by atoms with Crippen LogP contribution in [0.25, 0.3) is 6.08 Å². The molecule has 0 radical (unpaired) electrons. The molecule has 4 heteroatoms. The molecule has 2 nitrogen and oxygen atoms in total. The lowest BCUT2D eigenvalue weighted by Gasteiger charge is -2.06. The molecule has 0 fully saturated rings. The summed E-state index contributed by atoms with van der Waals surface area (Å²) in [5.41, 5.74) is 2.15. The molecular weight excluding hydrogens is 216 g/mol. The predicted octanol–water partition coefficient (Wildman–Crippen LogP) is 2.42. The Morgan fingerprint density at radius 2 is 2.14 bits per heavy atom. The van der Waals surface area contributed by atoms with Crippen molar-refractivity contribution < 1.29 is 8.42 Å². The second-order valence-corrected chi connectivity index (χ2v) is 6.99. The summed E-state index contributed by atoms with van der Waals surface area (Å²) in [6.45, 7) is 2.00. The predicted molar refractivity (Wildman–Crippen MR) is 59.5 cm³/mol. The summed E-state index contributed by atoms with van der Waals surface area (Å²) < 4.78 is 23.5. The average molecular weight is 228 g/mol. The van der Waals surface area contributed by atoms with E-state index in [2.05, 4.69) is 0 Å². The molecular formula is C10H12O2S2. The summed E-state index contributed by atoms with van der Waals surface area (Å²) in [6, 6.07) is 0. The Morgan fingerprint density at radius 1 is 1.43 bits per heavy atom.